The van der Waals surface area contributed by atoms with Crippen LogP contribution >= 0.6 is 0 Å². The third kappa shape index (κ3) is 2.98. The normalized spacial score (nSPS) is 12.0. The van der Waals surface area contributed by atoms with E-state index in [9.17, 15) is 23.7 Å². The molecule has 0 heterocycles. The van der Waals surface area contributed by atoms with E-state index in [2.05, 4.69) is 5.32 Å². The Hall–Kier alpha value is -2.09. The molecule has 0 spiro atoms. The first-order chi connectivity index (χ1) is 8.36. The SMILES string of the molecule is CC(CN)NC(=O)c1cc(F)cc([N+](=O)[O-])c1F. The number of nitrogens with zero attached hydrogens (tertiary/aromatic N) is 1. The topological polar surface area (TPSA) is 98.3 Å². The number of nitro groups is 1. The maximum absolute atomic E-state index is 13.6. The Labute approximate surface area is 101 Å². The fraction of sp³-hybridized carbons (Fsp3) is 0.300. The molecule has 0 radical (unpaired) electrons. The summed E-state index contributed by atoms with van der Waals surface area (Å²) in [5, 5.41) is 12.8. The molecule has 1 atom stereocenters. The minimum absolute atomic E-state index is 0.102. The lowest BCUT2D eigenvalue weighted by atomic mass is 10.1. The van der Waals surface area contributed by atoms with Crippen LogP contribution < -0.4 is 11.1 Å². The van der Waals surface area contributed by atoms with Crippen molar-refractivity contribution in [3.8, 4) is 0 Å². The van der Waals surface area contributed by atoms with Crippen LogP contribution in [-0.2, 0) is 0 Å². The van der Waals surface area contributed by atoms with E-state index in [0.29, 0.717) is 12.1 Å². The fourth-order valence-electron chi connectivity index (χ4n) is 1.23. The molecule has 1 aromatic carbocycles. The number of benzene rings is 1. The third-order valence-corrected chi connectivity index (χ3v) is 2.19. The van der Waals surface area contributed by atoms with Gasteiger partial charge in [0.25, 0.3) is 5.91 Å². The molecule has 0 aliphatic carbocycles. The number of halogens is 2. The average molecular weight is 259 g/mol. The largest absolute Gasteiger partial charge is 0.348 e. The van der Waals surface area contributed by atoms with Gasteiger partial charge in [0.1, 0.15) is 5.82 Å². The summed E-state index contributed by atoms with van der Waals surface area (Å²) >= 11 is 0. The number of rotatable bonds is 4. The van der Waals surface area contributed by atoms with E-state index in [1.807, 2.05) is 0 Å². The van der Waals surface area contributed by atoms with Crippen LogP contribution in [0.4, 0.5) is 14.5 Å². The second-order valence-corrected chi connectivity index (χ2v) is 3.65. The Morgan fingerprint density at radius 3 is 2.67 bits per heavy atom. The zero-order chi connectivity index (χ0) is 13.9. The smallest absolute Gasteiger partial charge is 0.308 e. The van der Waals surface area contributed by atoms with E-state index in [-0.39, 0.29) is 6.54 Å². The van der Waals surface area contributed by atoms with Gasteiger partial charge in [-0.2, -0.15) is 4.39 Å². The highest BCUT2D eigenvalue weighted by Crippen LogP contribution is 2.22. The Morgan fingerprint density at radius 1 is 1.56 bits per heavy atom. The van der Waals surface area contributed by atoms with Gasteiger partial charge in [0.2, 0.25) is 5.82 Å². The number of hydrogen-bond acceptors (Lipinski definition) is 4. The van der Waals surface area contributed by atoms with Crippen LogP contribution in [0.3, 0.4) is 0 Å². The predicted octanol–water partition coefficient (Wildman–Crippen LogP) is 0.950. The fourth-order valence-corrected chi connectivity index (χ4v) is 1.23. The van der Waals surface area contributed by atoms with Crippen molar-refractivity contribution in [2.45, 2.75) is 13.0 Å². The first-order valence-electron chi connectivity index (χ1n) is 5.01. The molecule has 6 nitrogen and oxygen atoms in total. The number of amides is 1. The van der Waals surface area contributed by atoms with Crippen LogP contribution in [0.15, 0.2) is 12.1 Å². The summed E-state index contributed by atoms with van der Waals surface area (Å²) in [6, 6.07) is 0.554. The van der Waals surface area contributed by atoms with Crippen molar-refractivity contribution in [3.63, 3.8) is 0 Å². The van der Waals surface area contributed by atoms with Gasteiger partial charge in [0, 0.05) is 12.6 Å². The van der Waals surface area contributed by atoms with E-state index in [1.54, 1.807) is 6.92 Å². The standard InChI is InChI=1S/C10H11F2N3O3/c1-5(4-13)14-10(16)7-2-6(11)3-8(9(7)12)15(17)18/h2-3,5H,4,13H2,1H3,(H,14,16). The second-order valence-electron chi connectivity index (χ2n) is 3.65. The minimum Gasteiger partial charge on any atom is -0.348 e. The number of nitrogens with two attached hydrogens (primary N) is 1. The van der Waals surface area contributed by atoms with Gasteiger partial charge < -0.3 is 11.1 Å². The summed E-state index contributed by atoms with van der Waals surface area (Å²) in [4.78, 5) is 20.9. The van der Waals surface area contributed by atoms with Crippen molar-refractivity contribution in [1.82, 2.24) is 5.32 Å². The average Bonchev–Trinajstić information content (AvgIpc) is 2.30. The van der Waals surface area contributed by atoms with Gasteiger partial charge in [-0.05, 0) is 13.0 Å². The zero-order valence-electron chi connectivity index (χ0n) is 9.44. The summed E-state index contributed by atoms with van der Waals surface area (Å²) in [7, 11) is 0. The van der Waals surface area contributed by atoms with Crippen molar-refractivity contribution in [3.05, 3.63) is 39.4 Å². The van der Waals surface area contributed by atoms with Gasteiger partial charge in [-0.15, -0.1) is 0 Å². The second kappa shape index (κ2) is 5.50. The van der Waals surface area contributed by atoms with Crippen LogP contribution in [0.2, 0.25) is 0 Å². The van der Waals surface area contributed by atoms with Gasteiger partial charge in [0.15, 0.2) is 0 Å². The lowest BCUT2D eigenvalue weighted by Crippen LogP contribution is -2.38. The highest BCUT2D eigenvalue weighted by atomic mass is 19.1. The lowest BCUT2D eigenvalue weighted by Gasteiger charge is -2.11. The molecule has 98 valence electrons. The lowest BCUT2D eigenvalue weighted by molar-refractivity contribution is -0.387. The van der Waals surface area contributed by atoms with E-state index in [1.165, 1.54) is 0 Å². The molecule has 0 aliphatic heterocycles. The van der Waals surface area contributed by atoms with Gasteiger partial charge in [-0.3, -0.25) is 14.9 Å². The Morgan fingerprint density at radius 2 is 2.17 bits per heavy atom. The summed E-state index contributed by atoms with van der Waals surface area (Å²) in [6.45, 7) is 1.66. The molecule has 0 fully saturated rings. The molecule has 0 bridgehead atoms. The summed E-state index contributed by atoms with van der Waals surface area (Å²) in [5.41, 5.74) is 3.45. The van der Waals surface area contributed by atoms with E-state index >= 15 is 0 Å². The van der Waals surface area contributed by atoms with Crippen molar-refractivity contribution in [1.29, 1.82) is 0 Å². The Balaban J connectivity index is 3.16. The third-order valence-electron chi connectivity index (χ3n) is 2.19. The molecular weight excluding hydrogens is 248 g/mol. The van der Waals surface area contributed by atoms with Crippen LogP contribution in [0.5, 0.6) is 0 Å². The predicted molar refractivity (Wildman–Crippen MR) is 59.0 cm³/mol. The molecule has 0 aliphatic rings. The molecule has 8 heteroatoms. The van der Waals surface area contributed by atoms with Crippen LogP contribution in [0.25, 0.3) is 0 Å². The van der Waals surface area contributed by atoms with Crippen molar-refractivity contribution >= 4 is 11.6 Å². The number of nitro benzene ring substituents is 1. The number of carbonyl (C=O) groups is 1. The van der Waals surface area contributed by atoms with E-state index in [0.717, 1.165) is 0 Å². The monoisotopic (exact) mass is 259 g/mol. The van der Waals surface area contributed by atoms with Crippen molar-refractivity contribution in [2.75, 3.05) is 6.54 Å². The van der Waals surface area contributed by atoms with Crippen LogP contribution in [-0.4, -0.2) is 23.4 Å². The molecule has 1 unspecified atom stereocenters. The Bertz CT molecular complexity index is 494. The number of carbonyl (C=O) groups excluding carboxylic acids is 1. The highest BCUT2D eigenvalue weighted by molar-refractivity contribution is 5.95. The first kappa shape index (κ1) is 14.0. The molecule has 3 N–H and O–H groups in total. The number of hydrogen-bond donors (Lipinski definition) is 2. The Kier molecular flexibility index (Phi) is 4.27. The molecule has 0 aromatic heterocycles. The highest BCUT2D eigenvalue weighted by Gasteiger charge is 2.24. The van der Waals surface area contributed by atoms with Gasteiger partial charge in [0.05, 0.1) is 16.6 Å². The first-order valence-corrected chi connectivity index (χ1v) is 5.01. The molecule has 18 heavy (non-hydrogen) atoms. The summed E-state index contributed by atoms with van der Waals surface area (Å²) in [6.07, 6.45) is 0. The van der Waals surface area contributed by atoms with Gasteiger partial charge in [-0.25, -0.2) is 4.39 Å². The van der Waals surface area contributed by atoms with Crippen molar-refractivity contribution in [2.24, 2.45) is 5.73 Å². The molecule has 1 amide bonds. The summed E-state index contributed by atoms with van der Waals surface area (Å²) < 4.78 is 26.7. The van der Waals surface area contributed by atoms with Gasteiger partial charge in [-0.1, -0.05) is 0 Å². The molecule has 0 saturated heterocycles. The maximum Gasteiger partial charge on any atom is 0.308 e. The minimum atomic E-state index is -1.37. The molecular formula is C10H11F2N3O3. The van der Waals surface area contributed by atoms with Crippen LogP contribution in [0.1, 0.15) is 17.3 Å². The van der Waals surface area contributed by atoms with E-state index < -0.39 is 39.8 Å². The quantitative estimate of drug-likeness (QED) is 0.621. The maximum atomic E-state index is 13.6. The van der Waals surface area contributed by atoms with E-state index in [4.69, 9.17) is 5.73 Å². The zero-order valence-corrected chi connectivity index (χ0v) is 9.44. The van der Waals surface area contributed by atoms with Crippen molar-refractivity contribution < 1.29 is 18.5 Å². The molecule has 1 rings (SSSR count). The number of nitrogens with one attached hydrogen (secondary N) is 1. The summed E-state index contributed by atoms with van der Waals surface area (Å²) in [5.74, 6) is -3.38. The van der Waals surface area contributed by atoms with Gasteiger partial charge >= 0.3 is 5.69 Å². The molecule has 1 aromatic rings. The van der Waals surface area contributed by atoms with Crippen LogP contribution in [0, 0.1) is 21.7 Å². The molecule has 0 saturated carbocycles.